The molecule has 0 saturated carbocycles. The second kappa shape index (κ2) is 6.27. The highest BCUT2D eigenvalue weighted by molar-refractivity contribution is 5.77. The molecular formula is C20H29FN2O2. The topological polar surface area (TPSA) is 43.8 Å². The molecule has 4 nitrogen and oxygen atoms in total. The molecule has 138 valence electrons. The molecule has 2 atom stereocenters. The zero-order valence-electron chi connectivity index (χ0n) is 15.6. The van der Waals surface area contributed by atoms with Gasteiger partial charge in [0.1, 0.15) is 5.82 Å². The lowest BCUT2D eigenvalue weighted by atomic mass is 9.89. The van der Waals surface area contributed by atoms with Crippen LogP contribution >= 0.6 is 0 Å². The molecule has 2 heterocycles. The number of amides is 1. The zero-order valence-corrected chi connectivity index (χ0v) is 15.6. The second-order valence-electron chi connectivity index (χ2n) is 8.81. The lowest BCUT2D eigenvalue weighted by Gasteiger charge is -2.42. The molecule has 2 saturated heterocycles. The van der Waals surface area contributed by atoms with E-state index in [-0.39, 0.29) is 23.7 Å². The summed E-state index contributed by atoms with van der Waals surface area (Å²) in [5.41, 5.74) is -0.122. The molecule has 0 bridgehead atoms. The molecule has 1 amide bonds. The monoisotopic (exact) mass is 348 g/mol. The van der Waals surface area contributed by atoms with E-state index < -0.39 is 5.60 Å². The van der Waals surface area contributed by atoms with E-state index in [0.717, 1.165) is 25.1 Å². The Balaban J connectivity index is 1.77. The van der Waals surface area contributed by atoms with Crippen LogP contribution in [0.15, 0.2) is 24.3 Å². The quantitative estimate of drug-likeness (QED) is 0.912. The minimum absolute atomic E-state index is 0.0213. The Bertz CT molecular complexity index is 653. The highest BCUT2D eigenvalue weighted by Crippen LogP contribution is 2.44. The first-order valence-corrected chi connectivity index (χ1v) is 9.12. The minimum atomic E-state index is -0.976. The third-order valence-corrected chi connectivity index (χ3v) is 5.46. The van der Waals surface area contributed by atoms with E-state index in [2.05, 4.69) is 18.7 Å². The van der Waals surface area contributed by atoms with Crippen molar-refractivity contribution in [3.8, 4) is 0 Å². The summed E-state index contributed by atoms with van der Waals surface area (Å²) in [5, 5.41) is 9.91. The normalized spacial score (nSPS) is 25.8. The Hall–Kier alpha value is -1.62. The largest absolute Gasteiger partial charge is 0.390 e. The highest BCUT2D eigenvalue weighted by atomic mass is 19.1. The van der Waals surface area contributed by atoms with Crippen LogP contribution in [0.25, 0.3) is 0 Å². The van der Waals surface area contributed by atoms with Crippen LogP contribution in [0.3, 0.4) is 0 Å². The van der Waals surface area contributed by atoms with Gasteiger partial charge in [0, 0.05) is 30.4 Å². The Morgan fingerprint density at radius 1 is 1.40 bits per heavy atom. The summed E-state index contributed by atoms with van der Waals surface area (Å²) < 4.78 is 13.7. The van der Waals surface area contributed by atoms with Crippen molar-refractivity contribution >= 4 is 11.6 Å². The van der Waals surface area contributed by atoms with Crippen LogP contribution in [0.1, 0.15) is 47.0 Å². The van der Waals surface area contributed by atoms with Gasteiger partial charge in [0.05, 0.1) is 12.0 Å². The maximum absolute atomic E-state index is 13.7. The predicted octanol–water partition coefficient (Wildman–Crippen LogP) is 3.19. The van der Waals surface area contributed by atoms with Crippen molar-refractivity contribution in [3.05, 3.63) is 30.1 Å². The Morgan fingerprint density at radius 2 is 2.12 bits per heavy atom. The molecular weight excluding hydrogens is 319 g/mol. The standard InChI is InChI=1S/C20H29FN2O2/c1-19(2)11-14-13-22(18(24)12-20(3,4)25)9-8-17(14)23(19)16-7-5-6-15(21)10-16/h5-7,10,14,17,25H,8-9,11-13H2,1-4H3/t14-,17+/m1/s1. The first kappa shape index (κ1) is 18.2. The Labute approximate surface area is 149 Å². The first-order chi connectivity index (χ1) is 11.6. The number of hydrogen-bond acceptors (Lipinski definition) is 3. The van der Waals surface area contributed by atoms with Gasteiger partial charge in [-0.25, -0.2) is 4.39 Å². The number of piperidine rings is 1. The summed E-state index contributed by atoms with van der Waals surface area (Å²) in [6.45, 7) is 9.13. The number of halogens is 1. The summed E-state index contributed by atoms with van der Waals surface area (Å²) in [6.07, 6.45) is 2.00. The lowest BCUT2D eigenvalue weighted by Crippen LogP contribution is -2.51. The molecule has 0 aromatic heterocycles. The molecule has 1 aromatic carbocycles. The van der Waals surface area contributed by atoms with Crippen molar-refractivity contribution in [3.63, 3.8) is 0 Å². The van der Waals surface area contributed by atoms with Crippen molar-refractivity contribution in [2.75, 3.05) is 18.0 Å². The van der Waals surface area contributed by atoms with Gasteiger partial charge in [-0.2, -0.15) is 0 Å². The van der Waals surface area contributed by atoms with Crippen LogP contribution in [-0.2, 0) is 4.79 Å². The second-order valence-corrected chi connectivity index (χ2v) is 8.81. The number of anilines is 1. The van der Waals surface area contributed by atoms with Crippen molar-refractivity contribution in [2.45, 2.75) is 64.1 Å². The predicted molar refractivity (Wildman–Crippen MR) is 97.0 cm³/mol. The van der Waals surface area contributed by atoms with E-state index >= 15 is 0 Å². The average Bonchev–Trinajstić information content (AvgIpc) is 2.74. The smallest absolute Gasteiger partial charge is 0.225 e. The van der Waals surface area contributed by atoms with E-state index in [4.69, 9.17) is 0 Å². The molecule has 0 radical (unpaired) electrons. The van der Waals surface area contributed by atoms with Crippen molar-refractivity contribution in [2.24, 2.45) is 5.92 Å². The number of fused-ring (bicyclic) bond motifs is 1. The summed E-state index contributed by atoms with van der Waals surface area (Å²) in [4.78, 5) is 16.7. The van der Waals surface area contributed by atoms with Crippen LogP contribution in [-0.4, -0.2) is 46.2 Å². The average molecular weight is 348 g/mol. The van der Waals surface area contributed by atoms with Gasteiger partial charge in [-0.15, -0.1) is 0 Å². The molecule has 25 heavy (non-hydrogen) atoms. The van der Waals surface area contributed by atoms with Crippen LogP contribution < -0.4 is 4.90 Å². The molecule has 0 aliphatic carbocycles. The number of nitrogens with zero attached hydrogens (tertiary/aromatic N) is 2. The molecule has 5 heteroatoms. The Morgan fingerprint density at radius 3 is 2.76 bits per heavy atom. The first-order valence-electron chi connectivity index (χ1n) is 9.12. The number of likely N-dealkylation sites (tertiary alicyclic amines) is 1. The molecule has 2 fully saturated rings. The molecule has 3 rings (SSSR count). The summed E-state index contributed by atoms with van der Waals surface area (Å²) in [5.74, 6) is 0.181. The zero-order chi connectivity index (χ0) is 18.4. The van der Waals surface area contributed by atoms with Gasteiger partial charge in [0.15, 0.2) is 0 Å². The number of rotatable bonds is 3. The third-order valence-electron chi connectivity index (χ3n) is 5.46. The SMILES string of the molecule is CC(C)(O)CC(=O)N1CC[C@H]2[C@@H](C1)CC(C)(C)N2c1cccc(F)c1. The molecule has 2 aliphatic heterocycles. The number of aliphatic hydroxyl groups is 1. The van der Waals surface area contributed by atoms with Gasteiger partial charge < -0.3 is 14.9 Å². The maximum atomic E-state index is 13.7. The van der Waals surface area contributed by atoms with Crippen molar-refractivity contribution in [1.82, 2.24) is 4.90 Å². The fraction of sp³-hybridized carbons (Fsp3) is 0.650. The fourth-order valence-corrected chi connectivity index (χ4v) is 4.62. The van der Waals surface area contributed by atoms with Crippen LogP contribution in [0, 0.1) is 11.7 Å². The van der Waals surface area contributed by atoms with E-state index in [1.54, 1.807) is 26.0 Å². The maximum Gasteiger partial charge on any atom is 0.225 e. The van der Waals surface area contributed by atoms with Gasteiger partial charge in [0.25, 0.3) is 0 Å². The van der Waals surface area contributed by atoms with Crippen LogP contribution in [0.2, 0.25) is 0 Å². The summed E-state index contributed by atoms with van der Waals surface area (Å²) in [6, 6.07) is 7.13. The van der Waals surface area contributed by atoms with Gasteiger partial charge in [0.2, 0.25) is 5.91 Å². The van der Waals surface area contributed by atoms with E-state index in [1.165, 1.54) is 6.07 Å². The van der Waals surface area contributed by atoms with E-state index in [9.17, 15) is 14.3 Å². The lowest BCUT2D eigenvalue weighted by molar-refractivity contribution is -0.137. The van der Waals surface area contributed by atoms with Crippen molar-refractivity contribution in [1.29, 1.82) is 0 Å². The van der Waals surface area contributed by atoms with Crippen LogP contribution in [0.4, 0.5) is 10.1 Å². The van der Waals surface area contributed by atoms with E-state index in [0.29, 0.717) is 18.5 Å². The number of carbonyl (C=O) groups is 1. The molecule has 2 aliphatic rings. The van der Waals surface area contributed by atoms with Gasteiger partial charge >= 0.3 is 0 Å². The molecule has 1 N–H and O–H groups in total. The fourth-order valence-electron chi connectivity index (χ4n) is 4.62. The van der Waals surface area contributed by atoms with Gasteiger partial charge in [-0.05, 0) is 64.7 Å². The molecule has 0 unspecified atom stereocenters. The summed E-state index contributed by atoms with van der Waals surface area (Å²) >= 11 is 0. The highest BCUT2D eigenvalue weighted by Gasteiger charge is 2.48. The van der Waals surface area contributed by atoms with E-state index in [1.807, 2.05) is 11.0 Å². The third kappa shape index (κ3) is 3.81. The molecule has 0 spiro atoms. The van der Waals surface area contributed by atoms with Crippen LogP contribution in [0.5, 0.6) is 0 Å². The number of hydrogen-bond donors (Lipinski definition) is 1. The number of carbonyl (C=O) groups excluding carboxylic acids is 1. The van der Waals surface area contributed by atoms with Crippen molar-refractivity contribution < 1.29 is 14.3 Å². The molecule has 1 aromatic rings. The minimum Gasteiger partial charge on any atom is -0.390 e. The van der Waals surface area contributed by atoms with Gasteiger partial charge in [-0.3, -0.25) is 4.79 Å². The summed E-state index contributed by atoms with van der Waals surface area (Å²) in [7, 11) is 0. The number of benzene rings is 1. The van der Waals surface area contributed by atoms with Gasteiger partial charge in [-0.1, -0.05) is 6.07 Å². The Kier molecular flexibility index (Phi) is 4.56.